The molecule has 0 bridgehead atoms. The SMILES string of the molecule is C=CCOC(=O)C(CC(=O)Oc1ccccc1)S(=O)(=O)O.[NaH]. The second kappa shape index (κ2) is 9.75. The summed E-state index contributed by atoms with van der Waals surface area (Å²) < 4.78 is 40.7. The Bertz CT molecular complexity index is 613. The predicted octanol–water partition coefficient (Wildman–Crippen LogP) is 0.319. The van der Waals surface area contributed by atoms with Crippen LogP contribution in [0.4, 0.5) is 0 Å². The average molecular weight is 338 g/mol. The van der Waals surface area contributed by atoms with E-state index >= 15 is 0 Å². The zero-order chi connectivity index (χ0) is 15.9. The van der Waals surface area contributed by atoms with Gasteiger partial charge in [-0.2, -0.15) is 8.42 Å². The summed E-state index contributed by atoms with van der Waals surface area (Å²) in [6.07, 6.45) is 0.366. The van der Waals surface area contributed by atoms with Crippen molar-refractivity contribution in [1.82, 2.24) is 0 Å². The first kappa shape index (κ1) is 20.8. The Kier molecular flexibility index (Phi) is 9.22. The van der Waals surface area contributed by atoms with E-state index < -0.39 is 33.7 Å². The van der Waals surface area contributed by atoms with E-state index in [1.54, 1.807) is 18.2 Å². The van der Waals surface area contributed by atoms with Crippen molar-refractivity contribution in [2.45, 2.75) is 11.7 Å². The van der Waals surface area contributed by atoms with E-state index in [9.17, 15) is 18.0 Å². The summed E-state index contributed by atoms with van der Waals surface area (Å²) in [7, 11) is -4.79. The van der Waals surface area contributed by atoms with Crippen molar-refractivity contribution < 1.29 is 32.0 Å². The predicted molar refractivity (Wildman–Crippen MR) is 80.3 cm³/mol. The van der Waals surface area contributed by atoms with E-state index in [1.807, 2.05) is 0 Å². The summed E-state index contributed by atoms with van der Waals surface area (Å²) in [6.45, 7) is 3.05. The molecule has 1 atom stereocenters. The minimum absolute atomic E-state index is 0. The second-order valence-electron chi connectivity index (χ2n) is 3.91. The van der Waals surface area contributed by atoms with Gasteiger partial charge in [0.05, 0.1) is 6.42 Å². The standard InChI is InChI=1S/C13H14O7S.Na.H/c1-2-8-19-13(15)11(21(16,17)18)9-12(14)20-10-6-4-3-5-7-10;;/h2-7,11H,1,8-9H2,(H,16,17,18);;. The van der Waals surface area contributed by atoms with Crippen LogP contribution in [0.1, 0.15) is 6.42 Å². The van der Waals surface area contributed by atoms with Gasteiger partial charge in [0.25, 0.3) is 10.1 Å². The molecular weight excluding hydrogens is 323 g/mol. The van der Waals surface area contributed by atoms with Crippen LogP contribution >= 0.6 is 0 Å². The average Bonchev–Trinajstić information content (AvgIpc) is 2.42. The monoisotopic (exact) mass is 338 g/mol. The summed E-state index contributed by atoms with van der Waals surface area (Å²) in [4.78, 5) is 23.1. The number of hydrogen-bond donors (Lipinski definition) is 1. The first-order valence-corrected chi connectivity index (χ1v) is 7.34. The Labute approximate surface area is 150 Å². The van der Waals surface area contributed by atoms with Crippen LogP contribution in [-0.4, -0.2) is 66.3 Å². The normalized spacial score (nSPS) is 11.7. The van der Waals surface area contributed by atoms with E-state index in [0.29, 0.717) is 0 Å². The van der Waals surface area contributed by atoms with Gasteiger partial charge in [0.2, 0.25) is 0 Å². The van der Waals surface area contributed by atoms with Gasteiger partial charge < -0.3 is 9.47 Å². The zero-order valence-corrected chi connectivity index (χ0v) is 11.8. The van der Waals surface area contributed by atoms with E-state index in [0.717, 1.165) is 0 Å². The van der Waals surface area contributed by atoms with Crippen molar-refractivity contribution in [3.8, 4) is 5.75 Å². The van der Waals surface area contributed by atoms with Gasteiger partial charge in [-0.15, -0.1) is 0 Å². The zero-order valence-electron chi connectivity index (χ0n) is 11.0. The van der Waals surface area contributed by atoms with E-state index in [2.05, 4.69) is 11.3 Å². The third-order valence-electron chi connectivity index (χ3n) is 2.29. The van der Waals surface area contributed by atoms with E-state index in [4.69, 9.17) is 9.29 Å². The van der Waals surface area contributed by atoms with Gasteiger partial charge in [-0.25, -0.2) is 0 Å². The van der Waals surface area contributed by atoms with Gasteiger partial charge >= 0.3 is 41.5 Å². The minimum atomic E-state index is -4.79. The van der Waals surface area contributed by atoms with E-state index in [-0.39, 0.29) is 41.9 Å². The quantitative estimate of drug-likeness (QED) is 0.251. The Morgan fingerprint density at radius 3 is 2.36 bits per heavy atom. The molecule has 1 aromatic carbocycles. The number of carbonyl (C=O) groups excluding carboxylic acids is 2. The van der Waals surface area contributed by atoms with Crippen molar-refractivity contribution >= 4 is 51.6 Å². The van der Waals surface area contributed by atoms with Gasteiger partial charge in [-0.05, 0) is 12.1 Å². The van der Waals surface area contributed by atoms with Crippen molar-refractivity contribution in [3.63, 3.8) is 0 Å². The molecule has 0 aliphatic carbocycles. The molecule has 1 rings (SSSR count). The summed E-state index contributed by atoms with van der Waals surface area (Å²) >= 11 is 0. The molecule has 0 radical (unpaired) electrons. The maximum atomic E-state index is 11.6. The number of esters is 2. The maximum absolute atomic E-state index is 11.6. The van der Waals surface area contributed by atoms with Gasteiger partial charge in [0, 0.05) is 0 Å². The van der Waals surface area contributed by atoms with Gasteiger partial charge in [0.1, 0.15) is 12.4 Å². The Morgan fingerprint density at radius 2 is 1.86 bits per heavy atom. The molecule has 1 aromatic rings. The summed E-state index contributed by atoms with van der Waals surface area (Å²) in [5, 5.41) is -2.03. The molecule has 0 spiro atoms. The number of rotatable bonds is 7. The fourth-order valence-electron chi connectivity index (χ4n) is 1.36. The van der Waals surface area contributed by atoms with Crippen molar-refractivity contribution in [2.24, 2.45) is 0 Å². The van der Waals surface area contributed by atoms with Crippen LogP contribution in [0.2, 0.25) is 0 Å². The first-order valence-electron chi connectivity index (χ1n) is 5.84. The number of ether oxygens (including phenoxy) is 2. The molecule has 1 N–H and O–H groups in total. The molecule has 0 saturated carbocycles. The van der Waals surface area contributed by atoms with Crippen LogP contribution in [0.15, 0.2) is 43.0 Å². The van der Waals surface area contributed by atoms with Crippen molar-refractivity contribution in [3.05, 3.63) is 43.0 Å². The molecule has 0 fully saturated rings. The number of carbonyl (C=O) groups is 2. The molecule has 0 saturated heterocycles. The van der Waals surface area contributed by atoms with Gasteiger partial charge in [-0.1, -0.05) is 30.9 Å². The van der Waals surface area contributed by atoms with Crippen LogP contribution in [-0.2, 0) is 24.4 Å². The third-order valence-corrected chi connectivity index (χ3v) is 3.37. The Morgan fingerprint density at radius 1 is 1.27 bits per heavy atom. The van der Waals surface area contributed by atoms with Gasteiger partial charge in [-0.3, -0.25) is 14.1 Å². The topological polar surface area (TPSA) is 107 Å². The van der Waals surface area contributed by atoms with Crippen molar-refractivity contribution in [2.75, 3.05) is 6.61 Å². The molecule has 7 nitrogen and oxygen atoms in total. The molecule has 1 unspecified atom stereocenters. The molecule has 22 heavy (non-hydrogen) atoms. The molecule has 0 heterocycles. The summed E-state index contributed by atoms with van der Waals surface area (Å²) in [5.41, 5.74) is 0. The summed E-state index contributed by atoms with van der Waals surface area (Å²) in [6, 6.07) is 7.89. The van der Waals surface area contributed by atoms with Gasteiger partial charge in [0.15, 0.2) is 5.25 Å². The molecule has 0 aliphatic heterocycles. The molecule has 116 valence electrons. The van der Waals surface area contributed by atoms with Crippen LogP contribution in [0.5, 0.6) is 5.75 Å². The van der Waals surface area contributed by atoms with Crippen LogP contribution in [0.25, 0.3) is 0 Å². The molecule has 0 aliphatic rings. The molecular formula is C13H15NaO7S. The van der Waals surface area contributed by atoms with Crippen molar-refractivity contribution in [1.29, 1.82) is 0 Å². The first-order chi connectivity index (χ1) is 9.84. The molecule has 0 amide bonds. The number of hydrogen-bond acceptors (Lipinski definition) is 6. The fraction of sp³-hybridized carbons (Fsp3) is 0.231. The molecule has 0 aromatic heterocycles. The van der Waals surface area contributed by atoms with Crippen LogP contribution in [0, 0.1) is 0 Å². The Hall–Kier alpha value is -1.19. The van der Waals surface area contributed by atoms with Crippen LogP contribution < -0.4 is 4.74 Å². The number of para-hydroxylation sites is 1. The third kappa shape index (κ3) is 7.19. The van der Waals surface area contributed by atoms with E-state index in [1.165, 1.54) is 18.2 Å². The Balaban J connectivity index is 0.00000441. The van der Waals surface area contributed by atoms with Crippen LogP contribution in [0.3, 0.4) is 0 Å². The number of benzene rings is 1. The fourth-order valence-corrected chi connectivity index (χ4v) is 2.02. The summed E-state index contributed by atoms with van der Waals surface area (Å²) in [5.74, 6) is -2.04. The molecule has 9 heteroatoms. The second-order valence-corrected chi connectivity index (χ2v) is 5.51.